The van der Waals surface area contributed by atoms with E-state index in [2.05, 4.69) is 31.3 Å². The van der Waals surface area contributed by atoms with E-state index in [9.17, 15) is 4.79 Å². The van der Waals surface area contributed by atoms with E-state index in [1.807, 2.05) is 12.1 Å². The average Bonchev–Trinajstić information content (AvgIpc) is 2.78. The van der Waals surface area contributed by atoms with E-state index < -0.39 is 5.97 Å². The maximum Gasteiger partial charge on any atom is 0.339 e. The molecule has 1 aromatic heterocycles. The second-order valence-corrected chi connectivity index (χ2v) is 4.95. The molecule has 0 radical (unpaired) electrons. The van der Waals surface area contributed by atoms with Crippen molar-refractivity contribution >= 4 is 5.97 Å². The number of carbonyl (C=O) groups is 1. The zero-order chi connectivity index (χ0) is 14.7. The van der Waals surface area contributed by atoms with Gasteiger partial charge in [0.25, 0.3) is 0 Å². The van der Waals surface area contributed by atoms with Gasteiger partial charge in [-0.05, 0) is 38.0 Å². The molecule has 0 fully saturated rings. The third kappa shape index (κ3) is 3.08. The van der Waals surface area contributed by atoms with Crippen LogP contribution in [0.1, 0.15) is 46.0 Å². The van der Waals surface area contributed by atoms with E-state index in [-0.39, 0.29) is 11.6 Å². The second-order valence-electron chi connectivity index (χ2n) is 4.95. The standard InChI is InChI=1S/C16H19NO3/c1-10-6-4-5-7-14(10)11(2)17-9-13-8-15(16(18)19)12(3)20-13/h4-8,11,17H,9H2,1-3H3,(H,18,19)/t11-/m1/s1. The molecule has 4 heteroatoms. The molecule has 0 bridgehead atoms. The highest BCUT2D eigenvalue weighted by atomic mass is 16.4. The number of hydrogen-bond acceptors (Lipinski definition) is 3. The molecule has 4 nitrogen and oxygen atoms in total. The maximum atomic E-state index is 11.0. The molecule has 1 atom stereocenters. The van der Waals surface area contributed by atoms with Crippen LogP contribution < -0.4 is 5.32 Å². The van der Waals surface area contributed by atoms with Crippen LogP contribution in [-0.2, 0) is 6.54 Å². The lowest BCUT2D eigenvalue weighted by Gasteiger charge is -2.15. The first-order valence-corrected chi connectivity index (χ1v) is 6.60. The molecule has 2 aromatic rings. The number of carboxylic acids is 1. The van der Waals surface area contributed by atoms with Gasteiger partial charge in [0.05, 0.1) is 6.54 Å². The monoisotopic (exact) mass is 273 g/mol. The SMILES string of the molecule is Cc1ccccc1[C@@H](C)NCc1cc(C(=O)O)c(C)o1. The van der Waals surface area contributed by atoms with Crippen molar-refractivity contribution in [1.82, 2.24) is 5.32 Å². The van der Waals surface area contributed by atoms with E-state index in [1.165, 1.54) is 11.1 Å². The Labute approximate surface area is 118 Å². The first kappa shape index (κ1) is 14.3. The summed E-state index contributed by atoms with van der Waals surface area (Å²) in [5, 5.41) is 12.3. The smallest absolute Gasteiger partial charge is 0.339 e. The van der Waals surface area contributed by atoms with Gasteiger partial charge < -0.3 is 14.8 Å². The fourth-order valence-corrected chi connectivity index (χ4v) is 2.28. The van der Waals surface area contributed by atoms with Crippen LogP contribution in [0.2, 0.25) is 0 Å². The molecule has 20 heavy (non-hydrogen) atoms. The molecule has 0 saturated heterocycles. The van der Waals surface area contributed by atoms with Gasteiger partial charge in [-0.2, -0.15) is 0 Å². The van der Waals surface area contributed by atoms with Gasteiger partial charge in [0.2, 0.25) is 0 Å². The number of benzene rings is 1. The Hall–Kier alpha value is -2.07. The minimum Gasteiger partial charge on any atom is -0.478 e. The molecular formula is C16H19NO3. The lowest BCUT2D eigenvalue weighted by molar-refractivity contribution is 0.0695. The fourth-order valence-electron chi connectivity index (χ4n) is 2.28. The lowest BCUT2D eigenvalue weighted by atomic mass is 10.0. The van der Waals surface area contributed by atoms with Crippen LogP contribution in [0.3, 0.4) is 0 Å². The molecule has 0 aliphatic rings. The van der Waals surface area contributed by atoms with E-state index >= 15 is 0 Å². The average molecular weight is 273 g/mol. The van der Waals surface area contributed by atoms with Crippen LogP contribution in [0.15, 0.2) is 34.7 Å². The van der Waals surface area contributed by atoms with Gasteiger partial charge in [-0.1, -0.05) is 24.3 Å². The van der Waals surface area contributed by atoms with Crippen molar-refractivity contribution in [3.63, 3.8) is 0 Å². The Morgan fingerprint density at radius 2 is 2.05 bits per heavy atom. The number of aromatic carboxylic acids is 1. The fraction of sp³-hybridized carbons (Fsp3) is 0.312. The lowest BCUT2D eigenvalue weighted by Crippen LogP contribution is -2.18. The molecule has 0 amide bonds. The predicted molar refractivity (Wildman–Crippen MR) is 76.8 cm³/mol. The number of furan rings is 1. The Morgan fingerprint density at radius 1 is 1.35 bits per heavy atom. The van der Waals surface area contributed by atoms with Gasteiger partial charge in [-0.25, -0.2) is 4.79 Å². The van der Waals surface area contributed by atoms with Crippen molar-refractivity contribution in [1.29, 1.82) is 0 Å². The summed E-state index contributed by atoms with van der Waals surface area (Å²) in [4.78, 5) is 11.0. The molecular weight excluding hydrogens is 254 g/mol. The minimum atomic E-state index is -0.954. The second kappa shape index (κ2) is 5.92. The van der Waals surface area contributed by atoms with Gasteiger partial charge in [0.15, 0.2) is 0 Å². The molecule has 0 aliphatic heterocycles. The van der Waals surface area contributed by atoms with E-state index in [4.69, 9.17) is 9.52 Å². The number of nitrogens with one attached hydrogen (secondary N) is 1. The number of carboxylic acid groups (broad SMARTS) is 1. The van der Waals surface area contributed by atoms with Gasteiger partial charge in [0, 0.05) is 6.04 Å². The Bertz CT molecular complexity index is 616. The molecule has 0 spiro atoms. The van der Waals surface area contributed by atoms with Crippen molar-refractivity contribution in [3.05, 3.63) is 58.5 Å². The summed E-state index contributed by atoms with van der Waals surface area (Å²) in [6, 6.07) is 9.95. The summed E-state index contributed by atoms with van der Waals surface area (Å²) >= 11 is 0. The largest absolute Gasteiger partial charge is 0.478 e. The quantitative estimate of drug-likeness (QED) is 0.876. The van der Waals surface area contributed by atoms with Gasteiger partial charge in [-0.3, -0.25) is 0 Å². The first-order chi connectivity index (χ1) is 9.49. The highest BCUT2D eigenvalue weighted by molar-refractivity contribution is 5.88. The predicted octanol–water partition coefficient (Wildman–Crippen LogP) is 3.45. The maximum absolute atomic E-state index is 11.0. The normalized spacial score (nSPS) is 12.3. The summed E-state index contributed by atoms with van der Waals surface area (Å²) < 4.78 is 5.45. The van der Waals surface area contributed by atoms with Gasteiger partial charge >= 0.3 is 5.97 Å². The van der Waals surface area contributed by atoms with Crippen molar-refractivity contribution in [2.75, 3.05) is 0 Å². The van der Waals surface area contributed by atoms with Crippen LogP contribution in [0.25, 0.3) is 0 Å². The van der Waals surface area contributed by atoms with Crippen LogP contribution in [0, 0.1) is 13.8 Å². The van der Waals surface area contributed by atoms with Crippen molar-refractivity contribution in [3.8, 4) is 0 Å². The van der Waals surface area contributed by atoms with E-state index in [0.717, 1.165) is 0 Å². The third-order valence-corrected chi connectivity index (χ3v) is 3.44. The summed E-state index contributed by atoms with van der Waals surface area (Å²) in [5.41, 5.74) is 2.69. The van der Waals surface area contributed by atoms with Crippen molar-refractivity contribution in [2.24, 2.45) is 0 Å². The minimum absolute atomic E-state index is 0.176. The highest BCUT2D eigenvalue weighted by Crippen LogP contribution is 2.19. The molecule has 0 saturated carbocycles. The molecule has 1 aromatic carbocycles. The zero-order valence-electron chi connectivity index (χ0n) is 11.9. The summed E-state index contributed by atoms with van der Waals surface area (Å²) in [7, 11) is 0. The number of aryl methyl sites for hydroxylation is 2. The Morgan fingerprint density at radius 3 is 2.65 bits per heavy atom. The summed E-state index contributed by atoms with van der Waals surface area (Å²) in [5.74, 6) is 0.127. The van der Waals surface area contributed by atoms with Crippen molar-refractivity contribution in [2.45, 2.75) is 33.4 Å². The number of hydrogen-bond donors (Lipinski definition) is 2. The molecule has 1 heterocycles. The highest BCUT2D eigenvalue weighted by Gasteiger charge is 2.14. The Kier molecular flexibility index (Phi) is 4.25. The van der Waals surface area contributed by atoms with Crippen LogP contribution in [0.5, 0.6) is 0 Å². The van der Waals surface area contributed by atoms with Crippen LogP contribution in [-0.4, -0.2) is 11.1 Å². The summed E-state index contributed by atoms with van der Waals surface area (Å²) in [6.45, 7) is 6.32. The zero-order valence-corrected chi connectivity index (χ0v) is 11.9. The summed E-state index contributed by atoms with van der Waals surface area (Å²) in [6.07, 6.45) is 0. The van der Waals surface area contributed by atoms with E-state index in [1.54, 1.807) is 13.0 Å². The molecule has 2 N–H and O–H groups in total. The Balaban J connectivity index is 2.04. The molecule has 106 valence electrons. The van der Waals surface area contributed by atoms with Gasteiger partial charge in [-0.15, -0.1) is 0 Å². The molecule has 0 aliphatic carbocycles. The molecule has 2 rings (SSSR count). The number of rotatable bonds is 5. The topological polar surface area (TPSA) is 62.5 Å². The van der Waals surface area contributed by atoms with Crippen LogP contribution in [0.4, 0.5) is 0 Å². The first-order valence-electron chi connectivity index (χ1n) is 6.60. The van der Waals surface area contributed by atoms with E-state index in [0.29, 0.717) is 18.1 Å². The third-order valence-electron chi connectivity index (χ3n) is 3.44. The van der Waals surface area contributed by atoms with Crippen LogP contribution >= 0.6 is 0 Å². The van der Waals surface area contributed by atoms with Crippen molar-refractivity contribution < 1.29 is 14.3 Å². The van der Waals surface area contributed by atoms with Gasteiger partial charge in [0.1, 0.15) is 17.1 Å². The molecule has 0 unspecified atom stereocenters.